The van der Waals surface area contributed by atoms with Crippen molar-refractivity contribution >= 4 is 43.5 Å². The van der Waals surface area contributed by atoms with Crippen LogP contribution in [0, 0.1) is 0 Å². The van der Waals surface area contributed by atoms with Gasteiger partial charge in [-0.25, -0.2) is 0 Å². The normalized spacial score (nSPS) is 10.2. The highest BCUT2D eigenvalue weighted by Gasteiger charge is 2.07. The van der Waals surface area contributed by atoms with Gasteiger partial charge in [-0.15, -0.1) is 0 Å². The molecule has 0 aromatic heterocycles. The van der Waals surface area contributed by atoms with Crippen LogP contribution in [0.15, 0.2) is 51.4 Å². The average molecular weight is 399 g/mol. The van der Waals surface area contributed by atoms with E-state index in [4.69, 9.17) is 4.74 Å². The fourth-order valence-corrected chi connectivity index (χ4v) is 2.90. The Balaban J connectivity index is 2.05. The first-order chi connectivity index (χ1) is 9.58. The minimum atomic E-state index is -0.0683. The number of methoxy groups -OCH3 is 1. The minimum absolute atomic E-state index is 0.0683. The van der Waals surface area contributed by atoms with Crippen molar-refractivity contribution in [1.82, 2.24) is 0 Å². The first-order valence-electron chi connectivity index (χ1n) is 5.96. The zero-order chi connectivity index (χ0) is 14.5. The number of rotatable bonds is 4. The number of anilines is 1. The zero-order valence-electron chi connectivity index (χ0n) is 10.8. The third kappa shape index (κ3) is 4.08. The number of carbonyl (C=O) groups excluding carboxylic acids is 1. The molecule has 2 aromatic rings. The monoisotopic (exact) mass is 397 g/mol. The maximum Gasteiger partial charge on any atom is 0.228 e. The predicted molar refractivity (Wildman–Crippen MR) is 87.2 cm³/mol. The molecule has 0 aliphatic heterocycles. The number of amides is 1. The highest BCUT2D eigenvalue weighted by atomic mass is 79.9. The van der Waals surface area contributed by atoms with Gasteiger partial charge in [0, 0.05) is 8.95 Å². The molecular formula is C15H13Br2NO2. The summed E-state index contributed by atoms with van der Waals surface area (Å²) in [6.45, 7) is 0. The predicted octanol–water partition coefficient (Wildman–Crippen LogP) is 4.40. The third-order valence-electron chi connectivity index (χ3n) is 2.70. The molecule has 0 heterocycles. The van der Waals surface area contributed by atoms with Crippen LogP contribution in [0.3, 0.4) is 0 Å². The summed E-state index contributed by atoms with van der Waals surface area (Å²) >= 11 is 6.79. The van der Waals surface area contributed by atoms with Gasteiger partial charge in [-0.3, -0.25) is 4.79 Å². The van der Waals surface area contributed by atoms with Gasteiger partial charge in [0.2, 0.25) is 5.91 Å². The molecule has 0 aliphatic rings. The molecule has 0 saturated heterocycles. The fraction of sp³-hybridized carbons (Fsp3) is 0.133. The molecule has 0 fully saturated rings. The van der Waals surface area contributed by atoms with Crippen molar-refractivity contribution in [3.05, 3.63) is 57.0 Å². The Kier molecular flexibility index (Phi) is 5.20. The van der Waals surface area contributed by atoms with E-state index in [0.29, 0.717) is 6.42 Å². The summed E-state index contributed by atoms with van der Waals surface area (Å²) in [4.78, 5) is 12.0. The highest BCUT2D eigenvalue weighted by Crippen LogP contribution is 2.26. The molecule has 0 spiro atoms. The molecule has 104 valence electrons. The topological polar surface area (TPSA) is 38.3 Å². The summed E-state index contributed by atoms with van der Waals surface area (Å²) in [7, 11) is 1.61. The molecule has 0 radical (unpaired) electrons. The van der Waals surface area contributed by atoms with Crippen LogP contribution in [0.5, 0.6) is 5.75 Å². The molecule has 1 N–H and O–H groups in total. The molecular weight excluding hydrogens is 386 g/mol. The number of halogens is 2. The van der Waals surface area contributed by atoms with Gasteiger partial charge >= 0.3 is 0 Å². The Labute approximate surface area is 134 Å². The van der Waals surface area contributed by atoms with Crippen molar-refractivity contribution in [2.24, 2.45) is 0 Å². The van der Waals surface area contributed by atoms with Crippen molar-refractivity contribution in [2.45, 2.75) is 6.42 Å². The van der Waals surface area contributed by atoms with Gasteiger partial charge in [-0.1, -0.05) is 28.1 Å². The standard InChI is InChI=1S/C15H13Br2NO2/c1-20-12-4-2-3-10(7-12)8-15(19)18-14-6-5-11(16)9-13(14)17/h2-7,9H,8H2,1H3,(H,18,19). The molecule has 1 amide bonds. The Morgan fingerprint density at radius 3 is 2.70 bits per heavy atom. The summed E-state index contributed by atoms with van der Waals surface area (Å²) in [6.07, 6.45) is 0.305. The van der Waals surface area contributed by atoms with Crippen molar-refractivity contribution in [3.63, 3.8) is 0 Å². The molecule has 20 heavy (non-hydrogen) atoms. The summed E-state index contributed by atoms with van der Waals surface area (Å²) in [5.74, 6) is 0.682. The first-order valence-corrected chi connectivity index (χ1v) is 7.55. The summed E-state index contributed by atoms with van der Waals surface area (Å²) in [6, 6.07) is 13.1. The van der Waals surface area contributed by atoms with Gasteiger partial charge in [0.1, 0.15) is 5.75 Å². The highest BCUT2D eigenvalue weighted by molar-refractivity contribution is 9.11. The SMILES string of the molecule is COc1cccc(CC(=O)Nc2ccc(Br)cc2Br)c1. The molecule has 0 unspecified atom stereocenters. The zero-order valence-corrected chi connectivity index (χ0v) is 14.0. The van der Waals surface area contributed by atoms with E-state index in [-0.39, 0.29) is 5.91 Å². The second-order valence-corrected chi connectivity index (χ2v) is 5.97. The van der Waals surface area contributed by atoms with Gasteiger partial charge in [-0.05, 0) is 51.8 Å². The Hall–Kier alpha value is -1.33. The number of hydrogen-bond donors (Lipinski definition) is 1. The van der Waals surface area contributed by atoms with E-state index >= 15 is 0 Å². The van der Waals surface area contributed by atoms with Crippen LogP contribution >= 0.6 is 31.9 Å². The first kappa shape index (κ1) is 15.1. The Morgan fingerprint density at radius 1 is 1.20 bits per heavy atom. The number of carbonyl (C=O) groups is 1. The van der Waals surface area contributed by atoms with Crippen LogP contribution in [0.4, 0.5) is 5.69 Å². The quantitative estimate of drug-likeness (QED) is 0.828. The van der Waals surface area contributed by atoms with Crippen molar-refractivity contribution in [2.75, 3.05) is 12.4 Å². The van der Waals surface area contributed by atoms with E-state index in [1.165, 1.54) is 0 Å². The average Bonchev–Trinajstić information content (AvgIpc) is 2.42. The van der Waals surface area contributed by atoms with Crippen LogP contribution < -0.4 is 10.1 Å². The number of hydrogen-bond acceptors (Lipinski definition) is 2. The molecule has 5 heteroatoms. The largest absolute Gasteiger partial charge is 0.497 e. The van der Waals surface area contributed by atoms with Gasteiger partial charge in [0.25, 0.3) is 0 Å². The number of ether oxygens (including phenoxy) is 1. The van der Waals surface area contributed by atoms with Gasteiger partial charge in [-0.2, -0.15) is 0 Å². The molecule has 2 rings (SSSR count). The van der Waals surface area contributed by atoms with Gasteiger partial charge in [0.15, 0.2) is 0 Å². The summed E-state index contributed by atoms with van der Waals surface area (Å²) in [5.41, 5.74) is 1.66. The van der Waals surface area contributed by atoms with E-state index < -0.39 is 0 Å². The third-order valence-corrected chi connectivity index (χ3v) is 3.85. The van der Waals surface area contributed by atoms with E-state index in [1.807, 2.05) is 42.5 Å². The van der Waals surface area contributed by atoms with Crippen molar-refractivity contribution in [1.29, 1.82) is 0 Å². The molecule has 0 aliphatic carbocycles. The Morgan fingerprint density at radius 2 is 2.00 bits per heavy atom. The lowest BCUT2D eigenvalue weighted by Crippen LogP contribution is -2.14. The fourth-order valence-electron chi connectivity index (χ4n) is 1.75. The van der Waals surface area contributed by atoms with Crippen LogP contribution in [-0.4, -0.2) is 13.0 Å². The van der Waals surface area contributed by atoms with Crippen LogP contribution in [0.25, 0.3) is 0 Å². The molecule has 0 saturated carbocycles. The van der Waals surface area contributed by atoms with Crippen molar-refractivity contribution in [3.8, 4) is 5.75 Å². The smallest absolute Gasteiger partial charge is 0.228 e. The van der Waals surface area contributed by atoms with E-state index in [9.17, 15) is 4.79 Å². The van der Waals surface area contributed by atoms with Crippen LogP contribution in [-0.2, 0) is 11.2 Å². The maximum absolute atomic E-state index is 12.0. The van der Waals surface area contributed by atoms with Crippen LogP contribution in [0.1, 0.15) is 5.56 Å². The van der Waals surface area contributed by atoms with Crippen LogP contribution in [0.2, 0.25) is 0 Å². The lowest BCUT2D eigenvalue weighted by Gasteiger charge is -2.08. The molecule has 0 atom stereocenters. The lowest BCUT2D eigenvalue weighted by molar-refractivity contribution is -0.115. The van der Waals surface area contributed by atoms with Gasteiger partial charge in [0.05, 0.1) is 19.2 Å². The van der Waals surface area contributed by atoms with Crippen molar-refractivity contribution < 1.29 is 9.53 Å². The second kappa shape index (κ2) is 6.90. The van der Waals surface area contributed by atoms with Gasteiger partial charge < -0.3 is 10.1 Å². The molecule has 3 nitrogen and oxygen atoms in total. The lowest BCUT2D eigenvalue weighted by atomic mass is 10.1. The maximum atomic E-state index is 12.0. The minimum Gasteiger partial charge on any atom is -0.497 e. The van der Waals surface area contributed by atoms with E-state index in [2.05, 4.69) is 37.2 Å². The number of nitrogens with one attached hydrogen (secondary N) is 1. The summed E-state index contributed by atoms with van der Waals surface area (Å²) < 4.78 is 6.94. The van der Waals surface area contributed by atoms with E-state index in [1.54, 1.807) is 7.11 Å². The summed E-state index contributed by atoms with van der Waals surface area (Å²) in [5, 5.41) is 2.88. The van der Waals surface area contributed by atoms with E-state index in [0.717, 1.165) is 25.9 Å². The second-order valence-electron chi connectivity index (χ2n) is 4.20. The molecule has 2 aromatic carbocycles. The Bertz CT molecular complexity index is 629. The molecule has 0 bridgehead atoms. The number of benzene rings is 2.